The Kier molecular flexibility index (Phi) is 3.70. The van der Waals surface area contributed by atoms with Crippen molar-refractivity contribution in [2.24, 2.45) is 0 Å². The molecule has 22 heavy (non-hydrogen) atoms. The van der Waals surface area contributed by atoms with Crippen molar-refractivity contribution in [3.63, 3.8) is 0 Å². The van der Waals surface area contributed by atoms with Gasteiger partial charge in [0.05, 0.1) is 20.3 Å². The number of aromatic nitrogens is 3. The first-order valence-electron chi connectivity index (χ1n) is 7.01. The van der Waals surface area contributed by atoms with E-state index in [1.807, 2.05) is 13.1 Å². The first-order valence-corrected chi connectivity index (χ1v) is 7.01. The molecular weight excluding hydrogens is 284 g/mol. The average molecular weight is 302 g/mol. The van der Waals surface area contributed by atoms with Crippen molar-refractivity contribution in [3.8, 4) is 11.8 Å². The number of pyridine rings is 1. The number of hydrogen-bond donors (Lipinski definition) is 0. The van der Waals surface area contributed by atoms with Gasteiger partial charge in [-0.1, -0.05) is 0 Å². The van der Waals surface area contributed by atoms with Gasteiger partial charge in [-0.3, -0.25) is 4.79 Å². The second-order valence-corrected chi connectivity index (χ2v) is 5.16. The highest BCUT2D eigenvalue weighted by Crippen LogP contribution is 2.27. The molecule has 2 aromatic rings. The van der Waals surface area contributed by atoms with E-state index in [1.165, 1.54) is 14.2 Å². The Balaban J connectivity index is 1.72. The standard InChI is InChI=1S/C15H18N4O3/c1-10-16-6-7-19(10)11-8-18(9-11)15(20)12-4-5-13(21-2)17-14(12)22-3/h4-7,11H,8-9H2,1-3H3. The van der Waals surface area contributed by atoms with Gasteiger partial charge in [-0.25, -0.2) is 4.98 Å². The summed E-state index contributed by atoms with van der Waals surface area (Å²) >= 11 is 0. The van der Waals surface area contributed by atoms with Crippen LogP contribution in [0.25, 0.3) is 0 Å². The maximum absolute atomic E-state index is 12.5. The molecule has 1 aliphatic rings. The van der Waals surface area contributed by atoms with Crippen molar-refractivity contribution in [2.75, 3.05) is 27.3 Å². The average Bonchev–Trinajstić information content (AvgIpc) is 2.91. The summed E-state index contributed by atoms with van der Waals surface area (Å²) in [5.74, 6) is 1.58. The topological polar surface area (TPSA) is 69.5 Å². The molecule has 0 aromatic carbocycles. The van der Waals surface area contributed by atoms with Gasteiger partial charge in [-0.15, -0.1) is 0 Å². The number of aryl methyl sites for hydroxylation is 1. The lowest BCUT2D eigenvalue weighted by atomic mass is 10.1. The maximum Gasteiger partial charge on any atom is 0.259 e. The molecule has 1 fully saturated rings. The molecule has 7 nitrogen and oxygen atoms in total. The van der Waals surface area contributed by atoms with Crippen LogP contribution in [0.2, 0.25) is 0 Å². The van der Waals surface area contributed by atoms with Crippen LogP contribution < -0.4 is 9.47 Å². The summed E-state index contributed by atoms with van der Waals surface area (Å²) in [5, 5.41) is 0. The van der Waals surface area contributed by atoms with Crippen molar-refractivity contribution in [2.45, 2.75) is 13.0 Å². The van der Waals surface area contributed by atoms with Gasteiger partial charge in [0, 0.05) is 31.5 Å². The minimum Gasteiger partial charge on any atom is -0.481 e. The lowest BCUT2D eigenvalue weighted by molar-refractivity contribution is 0.0513. The van der Waals surface area contributed by atoms with E-state index in [0.717, 1.165) is 5.82 Å². The second-order valence-electron chi connectivity index (χ2n) is 5.16. The van der Waals surface area contributed by atoms with Gasteiger partial charge in [0.2, 0.25) is 11.8 Å². The summed E-state index contributed by atoms with van der Waals surface area (Å²) in [6, 6.07) is 3.62. The van der Waals surface area contributed by atoms with E-state index < -0.39 is 0 Å². The molecule has 7 heteroatoms. The number of methoxy groups -OCH3 is 2. The van der Waals surface area contributed by atoms with Gasteiger partial charge >= 0.3 is 0 Å². The largest absolute Gasteiger partial charge is 0.481 e. The minimum atomic E-state index is -0.0824. The maximum atomic E-state index is 12.5. The van der Waals surface area contributed by atoms with Crippen molar-refractivity contribution in [3.05, 3.63) is 35.9 Å². The van der Waals surface area contributed by atoms with Gasteiger partial charge in [0.15, 0.2) is 0 Å². The molecular formula is C15H18N4O3. The fourth-order valence-electron chi connectivity index (χ4n) is 2.60. The first kappa shape index (κ1) is 14.4. The van der Waals surface area contributed by atoms with E-state index in [4.69, 9.17) is 9.47 Å². The highest BCUT2D eigenvalue weighted by molar-refractivity contribution is 5.97. The van der Waals surface area contributed by atoms with Crippen LogP contribution in [0.3, 0.4) is 0 Å². The molecule has 3 rings (SSSR count). The summed E-state index contributed by atoms with van der Waals surface area (Å²) in [6.07, 6.45) is 3.72. The SMILES string of the molecule is COc1ccc(C(=O)N2CC(n3ccnc3C)C2)c(OC)n1. The number of imidazole rings is 1. The molecule has 0 spiro atoms. The van der Waals surface area contributed by atoms with Crippen LogP contribution in [-0.4, -0.2) is 52.7 Å². The van der Waals surface area contributed by atoms with Gasteiger partial charge < -0.3 is 18.9 Å². The molecule has 0 saturated carbocycles. The summed E-state index contributed by atoms with van der Waals surface area (Å²) in [6.45, 7) is 3.28. The third kappa shape index (κ3) is 2.38. The molecule has 116 valence electrons. The number of likely N-dealkylation sites (tertiary alicyclic amines) is 1. The molecule has 0 unspecified atom stereocenters. The minimum absolute atomic E-state index is 0.0824. The lowest BCUT2D eigenvalue weighted by Crippen LogP contribution is -2.50. The third-order valence-corrected chi connectivity index (χ3v) is 3.87. The van der Waals surface area contributed by atoms with E-state index in [0.29, 0.717) is 24.5 Å². The van der Waals surface area contributed by atoms with Gasteiger partial charge in [-0.2, -0.15) is 4.98 Å². The third-order valence-electron chi connectivity index (χ3n) is 3.87. The number of amides is 1. The Morgan fingerprint density at radius 2 is 2.05 bits per heavy atom. The zero-order chi connectivity index (χ0) is 15.7. The van der Waals surface area contributed by atoms with Crippen LogP contribution in [-0.2, 0) is 0 Å². The highest BCUT2D eigenvalue weighted by atomic mass is 16.5. The smallest absolute Gasteiger partial charge is 0.259 e. The van der Waals surface area contributed by atoms with Crippen LogP contribution in [0, 0.1) is 6.92 Å². The number of ether oxygens (including phenoxy) is 2. The Hall–Kier alpha value is -2.57. The molecule has 1 aliphatic heterocycles. The number of rotatable bonds is 4. The molecule has 1 saturated heterocycles. The quantitative estimate of drug-likeness (QED) is 0.851. The van der Waals surface area contributed by atoms with Crippen molar-refractivity contribution in [1.82, 2.24) is 19.4 Å². The molecule has 2 aromatic heterocycles. The molecule has 1 amide bonds. The molecule has 0 radical (unpaired) electrons. The lowest BCUT2D eigenvalue weighted by Gasteiger charge is -2.40. The Morgan fingerprint density at radius 1 is 1.27 bits per heavy atom. The Labute approximate surface area is 128 Å². The predicted octanol–water partition coefficient (Wildman–Crippen LogP) is 1.30. The molecule has 0 N–H and O–H groups in total. The fourth-order valence-corrected chi connectivity index (χ4v) is 2.60. The molecule has 3 heterocycles. The normalized spacial score (nSPS) is 14.6. The number of carbonyl (C=O) groups is 1. The van der Waals surface area contributed by atoms with Crippen molar-refractivity contribution in [1.29, 1.82) is 0 Å². The number of nitrogens with zero attached hydrogens (tertiary/aromatic N) is 4. The zero-order valence-corrected chi connectivity index (χ0v) is 12.8. The van der Waals surface area contributed by atoms with E-state index in [-0.39, 0.29) is 17.8 Å². The summed E-state index contributed by atoms with van der Waals surface area (Å²) in [4.78, 5) is 22.7. The highest BCUT2D eigenvalue weighted by Gasteiger charge is 2.34. The van der Waals surface area contributed by atoms with Crippen LogP contribution in [0.15, 0.2) is 24.5 Å². The zero-order valence-electron chi connectivity index (χ0n) is 12.8. The van der Waals surface area contributed by atoms with Crippen LogP contribution in [0.4, 0.5) is 0 Å². The van der Waals surface area contributed by atoms with Gasteiger partial charge in [0.1, 0.15) is 11.4 Å². The predicted molar refractivity (Wildman–Crippen MR) is 79.2 cm³/mol. The van der Waals surface area contributed by atoms with Crippen LogP contribution in [0.1, 0.15) is 22.2 Å². The fraction of sp³-hybridized carbons (Fsp3) is 0.400. The van der Waals surface area contributed by atoms with E-state index in [2.05, 4.69) is 14.5 Å². The molecule has 0 bridgehead atoms. The summed E-state index contributed by atoms with van der Waals surface area (Å²) in [7, 11) is 3.02. The molecule has 0 aliphatic carbocycles. The summed E-state index contributed by atoms with van der Waals surface area (Å²) < 4.78 is 12.3. The van der Waals surface area contributed by atoms with Gasteiger partial charge in [0.25, 0.3) is 5.91 Å². The number of carbonyl (C=O) groups excluding carboxylic acids is 1. The van der Waals surface area contributed by atoms with Crippen molar-refractivity contribution < 1.29 is 14.3 Å². The van der Waals surface area contributed by atoms with Crippen LogP contribution in [0.5, 0.6) is 11.8 Å². The first-order chi connectivity index (χ1) is 10.6. The van der Waals surface area contributed by atoms with E-state index in [1.54, 1.807) is 23.2 Å². The monoisotopic (exact) mass is 302 g/mol. The molecule has 0 atom stereocenters. The Bertz CT molecular complexity index is 692. The van der Waals surface area contributed by atoms with E-state index in [9.17, 15) is 4.79 Å². The number of hydrogen-bond acceptors (Lipinski definition) is 5. The Morgan fingerprint density at radius 3 is 2.64 bits per heavy atom. The van der Waals surface area contributed by atoms with Crippen LogP contribution >= 0.6 is 0 Å². The van der Waals surface area contributed by atoms with Gasteiger partial charge in [-0.05, 0) is 13.0 Å². The van der Waals surface area contributed by atoms with Crippen molar-refractivity contribution >= 4 is 5.91 Å². The summed E-state index contributed by atoms with van der Waals surface area (Å²) in [5.41, 5.74) is 0.448. The second kappa shape index (κ2) is 5.67. The van der Waals surface area contributed by atoms with E-state index >= 15 is 0 Å².